The third-order valence-electron chi connectivity index (χ3n) is 4.59. The number of benzene rings is 1. The maximum absolute atomic E-state index is 12.4. The predicted octanol–water partition coefficient (Wildman–Crippen LogP) is 3.02. The minimum atomic E-state index is -0.00285. The van der Waals surface area contributed by atoms with Crippen molar-refractivity contribution in [3.8, 4) is 0 Å². The van der Waals surface area contributed by atoms with Gasteiger partial charge in [0.05, 0.1) is 4.47 Å². The van der Waals surface area contributed by atoms with Crippen LogP contribution >= 0.6 is 15.9 Å². The second kappa shape index (κ2) is 5.14. The van der Waals surface area contributed by atoms with E-state index in [1.54, 1.807) is 6.26 Å². The second-order valence-corrected chi connectivity index (χ2v) is 6.97. The average molecular weight is 349 g/mol. The molecule has 2 aromatic rings. The molecule has 1 aromatic heterocycles. The molecule has 21 heavy (non-hydrogen) atoms. The molecule has 3 atom stereocenters. The molecule has 4 nitrogen and oxygen atoms in total. The number of nitrogens with one attached hydrogen (secondary N) is 1. The summed E-state index contributed by atoms with van der Waals surface area (Å²) in [5, 5.41) is 4.17. The Bertz CT molecular complexity index is 685. The highest BCUT2D eigenvalue weighted by Crippen LogP contribution is 2.28. The van der Waals surface area contributed by atoms with Gasteiger partial charge in [-0.25, -0.2) is 0 Å². The van der Waals surface area contributed by atoms with Gasteiger partial charge in [0, 0.05) is 30.1 Å². The Morgan fingerprint density at radius 2 is 2.29 bits per heavy atom. The van der Waals surface area contributed by atoms with Gasteiger partial charge in [-0.05, 0) is 59.4 Å². The van der Waals surface area contributed by atoms with E-state index in [2.05, 4.69) is 26.1 Å². The maximum atomic E-state index is 12.4. The highest BCUT2D eigenvalue weighted by molar-refractivity contribution is 9.10. The van der Waals surface area contributed by atoms with Gasteiger partial charge in [-0.3, -0.25) is 4.79 Å². The summed E-state index contributed by atoms with van der Waals surface area (Å²) in [4.78, 5) is 14.9. The molecule has 0 radical (unpaired) electrons. The van der Waals surface area contributed by atoms with Gasteiger partial charge in [0.2, 0.25) is 0 Å². The molecule has 110 valence electrons. The van der Waals surface area contributed by atoms with Gasteiger partial charge in [0.15, 0.2) is 0 Å². The van der Waals surface area contributed by atoms with Crippen molar-refractivity contribution < 1.29 is 9.21 Å². The van der Waals surface area contributed by atoms with Gasteiger partial charge in [-0.15, -0.1) is 0 Å². The minimum absolute atomic E-state index is 0.00285. The second-order valence-electron chi connectivity index (χ2n) is 6.11. The van der Waals surface area contributed by atoms with Crippen molar-refractivity contribution in [2.75, 3.05) is 19.6 Å². The normalized spacial score (nSPS) is 28.0. The molecule has 0 saturated carbocycles. The summed E-state index contributed by atoms with van der Waals surface area (Å²) in [6, 6.07) is 5.87. The van der Waals surface area contributed by atoms with E-state index in [-0.39, 0.29) is 11.9 Å². The monoisotopic (exact) mass is 348 g/mol. The number of hydrogen-bond donors (Lipinski definition) is 1. The number of amides is 1. The summed E-state index contributed by atoms with van der Waals surface area (Å²) < 4.78 is 6.36. The molecule has 1 unspecified atom stereocenters. The van der Waals surface area contributed by atoms with E-state index < -0.39 is 0 Å². The lowest BCUT2D eigenvalue weighted by Gasteiger charge is -2.30. The van der Waals surface area contributed by atoms with Crippen LogP contribution in [0.5, 0.6) is 0 Å². The van der Waals surface area contributed by atoms with Crippen molar-refractivity contribution in [3.05, 3.63) is 34.5 Å². The fraction of sp³-hybridized carbons (Fsp3) is 0.438. The third kappa shape index (κ3) is 2.49. The molecule has 1 N–H and O–H groups in total. The first-order chi connectivity index (χ1) is 10.2. The summed E-state index contributed by atoms with van der Waals surface area (Å²) in [6.45, 7) is 3.37. The first kappa shape index (κ1) is 13.3. The molecule has 2 bridgehead atoms. The maximum Gasteiger partial charge on any atom is 0.251 e. The van der Waals surface area contributed by atoms with Crippen LogP contribution in [0.25, 0.3) is 11.0 Å². The van der Waals surface area contributed by atoms with Crippen LogP contribution in [0, 0.1) is 5.92 Å². The Labute approximate surface area is 131 Å². The number of fused-ring (bicyclic) bond motifs is 3. The van der Waals surface area contributed by atoms with E-state index in [0.717, 1.165) is 34.3 Å². The Kier molecular flexibility index (Phi) is 3.27. The number of furan rings is 1. The van der Waals surface area contributed by atoms with Crippen LogP contribution in [-0.2, 0) is 0 Å². The van der Waals surface area contributed by atoms with E-state index in [4.69, 9.17) is 4.42 Å². The number of hydrogen-bond acceptors (Lipinski definition) is 3. The first-order valence-corrected chi connectivity index (χ1v) is 8.18. The molecule has 2 fully saturated rings. The minimum Gasteiger partial charge on any atom is -0.463 e. The van der Waals surface area contributed by atoms with Gasteiger partial charge in [-0.1, -0.05) is 0 Å². The average Bonchev–Trinajstić information content (AvgIpc) is 3.02. The van der Waals surface area contributed by atoms with Crippen LogP contribution in [0.4, 0.5) is 0 Å². The highest BCUT2D eigenvalue weighted by atomic mass is 79.9. The smallest absolute Gasteiger partial charge is 0.251 e. The van der Waals surface area contributed by atoms with Crippen molar-refractivity contribution in [1.82, 2.24) is 10.2 Å². The number of piperidine rings is 1. The molecule has 2 aliphatic heterocycles. The topological polar surface area (TPSA) is 45.5 Å². The van der Waals surface area contributed by atoms with Crippen LogP contribution in [0.3, 0.4) is 0 Å². The molecular weight excluding hydrogens is 332 g/mol. The van der Waals surface area contributed by atoms with E-state index in [0.29, 0.717) is 5.56 Å². The summed E-state index contributed by atoms with van der Waals surface area (Å²) >= 11 is 3.43. The molecule has 0 spiro atoms. The van der Waals surface area contributed by atoms with Crippen LogP contribution in [0.15, 0.2) is 33.4 Å². The third-order valence-corrected chi connectivity index (χ3v) is 5.21. The van der Waals surface area contributed by atoms with Crippen LogP contribution < -0.4 is 5.32 Å². The van der Waals surface area contributed by atoms with E-state index >= 15 is 0 Å². The van der Waals surface area contributed by atoms with Crippen molar-refractivity contribution in [1.29, 1.82) is 0 Å². The zero-order chi connectivity index (χ0) is 14.4. The molecule has 0 aliphatic carbocycles. The number of halogens is 1. The van der Waals surface area contributed by atoms with Crippen molar-refractivity contribution in [3.63, 3.8) is 0 Å². The van der Waals surface area contributed by atoms with Gasteiger partial charge in [0.1, 0.15) is 11.8 Å². The zero-order valence-corrected chi connectivity index (χ0v) is 13.2. The number of carbonyl (C=O) groups is 1. The zero-order valence-electron chi connectivity index (χ0n) is 11.6. The Morgan fingerprint density at radius 1 is 1.38 bits per heavy atom. The molecule has 2 saturated heterocycles. The fourth-order valence-corrected chi connectivity index (χ4v) is 3.99. The SMILES string of the molecule is O=C(N[C@@H]1C[C@@H]2CCN(C2)C1)c1ccc2c(Br)coc2c1. The largest absolute Gasteiger partial charge is 0.463 e. The van der Waals surface area contributed by atoms with Crippen LogP contribution in [0.1, 0.15) is 23.2 Å². The molecule has 2 aliphatic rings. The Morgan fingerprint density at radius 3 is 3.14 bits per heavy atom. The number of carbonyl (C=O) groups excluding carboxylic acids is 1. The van der Waals surface area contributed by atoms with Gasteiger partial charge < -0.3 is 14.6 Å². The van der Waals surface area contributed by atoms with Gasteiger partial charge in [-0.2, -0.15) is 0 Å². The quantitative estimate of drug-likeness (QED) is 0.907. The lowest BCUT2D eigenvalue weighted by Crippen LogP contribution is -2.47. The number of nitrogens with zero attached hydrogens (tertiary/aromatic N) is 1. The molecule has 3 heterocycles. The first-order valence-electron chi connectivity index (χ1n) is 7.39. The van der Waals surface area contributed by atoms with Crippen LogP contribution in [0.2, 0.25) is 0 Å². The fourth-order valence-electron chi connectivity index (χ4n) is 3.57. The van der Waals surface area contributed by atoms with Crippen molar-refractivity contribution in [2.45, 2.75) is 18.9 Å². The standard InChI is InChI=1S/C16H17BrN2O2/c17-14-9-21-15-6-11(1-2-13(14)15)16(20)18-12-5-10-3-4-19(7-10)8-12/h1-2,6,9-10,12H,3-5,7-8H2,(H,18,20)/t10-,12+/m0/s1. The lowest BCUT2D eigenvalue weighted by molar-refractivity contribution is 0.0909. The van der Waals surface area contributed by atoms with E-state index in [9.17, 15) is 4.79 Å². The van der Waals surface area contributed by atoms with Crippen molar-refractivity contribution >= 4 is 32.8 Å². The molecule has 1 amide bonds. The highest BCUT2D eigenvalue weighted by Gasteiger charge is 2.32. The molecule has 1 aromatic carbocycles. The molecular formula is C16H17BrN2O2. The summed E-state index contributed by atoms with van der Waals surface area (Å²) in [6.07, 6.45) is 4.04. The number of rotatable bonds is 2. The Hall–Kier alpha value is -1.33. The summed E-state index contributed by atoms with van der Waals surface area (Å²) in [5.41, 5.74) is 1.40. The van der Waals surface area contributed by atoms with Gasteiger partial charge >= 0.3 is 0 Å². The predicted molar refractivity (Wildman–Crippen MR) is 84.3 cm³/mol. The molecule has 4 rings (SSSR count). The molecule has 5 heteroatoms. The summed E-state index contributed by atoms with van der Waals surface area (Å²) in [5.74, 6) is 0.754. The van der Waals surface area contributed by atoms with E-state index in [1.165, 1.54) is 19.5 Å². The Balaban J connectivity index is 1.50. The van der Waals surface area contributed by atoms with Crippen molar-refractivity contribution in [2.24, 2.45) is 5.92 Å². The van der Waals surface area contributed by atoms with E-state index in [1.807, 2.05) is 18.2 Å². The van der Waals surface area contributed by atoms with Gasteiger partial charge in [0.25, 0.3) is 5.91 Å². The lowest BCUT2D eigenvalue weighted by atomic mass is 9.96. The van der Waals surface area contributed by atoms with Crippen LogP contribution in [-0.4, -0.2) is 36.5 Å². The summed E-state index contributed by atoms with van der Waals surface area (Å²) in [7, 11) is 0.